The molecule has 1 heterocycles. The molecule has 0 radical (unpaired) electrons. The van der Waals surface area contributed by atoms with Crippen LogP contribution in [0.5, 0.6) is 0 Å². The lowest BCUT2D eigenvalue weighted by molar-refractivity contribution is -0.131. The summed E-state index contributed by atoms with van der Waals surface area (Å²) >= 11 is 1.29. The molecule has 0 saturated carbocycles. The summed E-state index contributed by atoms with van der Waals surface area (Å²) in [5, 5.41) is 11.5. The molecule has 1 amide bonds. The van der Waals surface area contributed by atoms with Gasteiger partial charge in [-0.3, -0.25) is 4.79 Å². The minimum Gasteiger partial charge on any atom is -0.478 e. The molecule has 2 N–H and O–H groups in total. The Balaban J connectivity index is 2.75. The zero-order valence-corrected chi connectivity index (χ0v) is 13.0. The number of nitrogens with one attached hydrogen (secondary N) is 1. The molecule has 0 aliphatic heterocycles. The molecule has 1 rings (SSSR count). The molecule has 1 aromatic rings. The fourth-order valence-electron chi connectivity index (χ4n) is 1.81. The summed E-state index contributed by atoms with van der Waals surface area (Å²) < 4.78 is 0. The summed E-state index contributed by atoms with van der Waals surface area (Å²) in [6, 6.07) is 1.84. The lowest BCUT2D eigenvalue weighted by Gasteiger charge is -2.17. The lowest BCUT2D eigenvalue weighted by Crippen LogP contribution is -2.39. The van der Waals surface area contributed by atoms with Crippen molar-refractivity contribution >= 4 is 29.3 Å². The Morgan fingerprint density at radius 3 is 2.70 bits per heavy atom. The molecule has 1 unspecified atom stereocenters. The van der Waals surface area contributed by atoms with Gasteiger partial charge in [0, 0.05) is 23.5 Å². The summed E-state index contributed by atoms with van der Waals surface area (Å²) in [7, 11) is 3.90. The van der Waals surface area contributed by atoms with Gasteiger partial charge in [0.1, 0.15) is 0 Å². The van der Waals surface area contributed by atoms with Crippen LogP contribution in [0.25, 0.3) is 6.08 Å². The van der Waals surface area contributed by atoms with Crippen molar-refractivity contribution in [2.45, 2.75) is 19.9 Å². The molecule has 5 nitrogen and oxygen atoms in total. The van der Waals surface area contributed by atoms with Crippen molar-refractivity contribution in [1.82, 2.24) is 10.2 Å². The molecule has 0 spiro atoms. The average Bonchev–Trinajstić information content (AvgIpc) is 2.66. The standard InChI is InChI=1S/C14H20N2O3S/c1-9-7-12(20-11(9)5-6-13(17)18)14(19)15-10(2)8-16(3)4/h5-7,10H,8H2,1-4H3,(H,15,19)(H,17,18)/b6-5+. The molecule has 110 valence electrons. The van der Waals surface area contributed by atoms with Crippen LogP contribution in [0.15, 0.2) is 12.1 Å². The van der Waals surface area contributed by atoms with Crippen LogP contribution >= 0.6 is 11.3 Å². The van der Waals surface area contributed by atoms with Gasteiger partial charge in [-0.25, -0.2) is 4.79 Å². The van der Waals surface area contributed by atoms with E-state index in [0.29, 0.717) is 4.88 Å². The maximum Gasteiger partial charge on any atom is 0.328 e. The number of hydrogen-bond acceptors (Lipinski definition) is 4. The van der Waals surface area contributed by atoms with Gasteiger partial charge >= 0.3 is 5.97 Å². The van der Waals surface area contributed by atoms with Gasteiger partial charge in [-0.2, -0.15) is 0 Å². The molecular weight excluding hydrogens is 276 g/mol. The summed E-state index contributed by atoms with van der Waals surface area (Å²) in [6.45, 7) is 4.57. The molecule has 0 aliphatic carbocycles. The average molecular weight is 296 g/mol. The van der Waals surface area contributed by atoms with Crippen LogP contribution in [0.3, 0.4) is 0 Å². The van der Waals surface area contributed by atoms with Crippen LogP contribution in [0.4, 0.5) is 0 Å². The minimum atomic E-state index is -0.997. The van der Waals surface area contributed by atoms with Crippen molar-refractivity contribution in [2.75, 3.05) is 20.6 Å². The van der Waals surface area contributed by atoms with E-state index in [2.05, 4.69) is 5.32 Å². The number of thiophene rings is 1. The summed E-state index contributed by atoms with van der Waals surface area (Å²) in [5.74, 6) is -1.12. The topological polar surface area (TPSA) is 69.6 Å². The van der Waals surface area contributed by atoms with Crippen LogP contribution < -0.4 is 5.32 Å². The largest absolute Gasteiger partial charge is 0.478 e. The van der Waals surface area contributed by atoms with E-state index in [4.69, 9.17) is 5.11 Å². The number of carbonyl (C=O) groups is 2. The van der Waals surface area contributed by atoms with Gasteiger partial charge in [0.05, 0.1) is 4.88 Å². The van der Waals surface area contributed by atoms with Crippen molar-refractivity contribution in [3.05, 3.63) is 27.5 Å². The molecule has 1 aromatic heterocycles. The zero-order chi connectivity index (χ0) is 15.3. The molecule has 0 aliphatic rings. The van der Waals surface area contributed by atoms with Gasteiger partial charge in [-0.05, 0) is 45.6 Å². The van der Waals surface area contributed by atoms with E-state index in [0.717, 1.165) is 23.1 Å². The fourth-order valence-corrected chi connectivity index (χ4v) is 2.79. The number of carboxylic acids is 1. The highest BCUT2D eigenvalue weighted by Gasteiger charge is 2.14. The molecule has 0 aromatic carbocycles. The SMILES string of the molecule is Cc1cc(C(=O)NC(C)CN(C)C)sc1/C=C/C(=O)O. The van der Waals surface area contributed by atoms with Crippen molar-refractivity contribution in [2.24, 2.45) is 0 Å². The number of aryl methyl sites for hydroxylation is 1. The van der Waals surface area contributed by atoms with Crippen LogP contribution in [-0.4, -0.2) is 48.6 Å². The van der Waals surface area contributed by atoms with E-state index in [1.807, 2.05) is 32.8 Å². The molecule has 1 atom stereocenters. The number of likely N-dealkylation sites (N-methyl/N-ethyl adjacent to an activating group) is 1. The van der Waals surface area contributed by atoms with Crippen molar-refractivity contribution in [1.29, 1.82) is 0 Å². The van der Waals surface area contributed by atoms with E-state index < -0.39 is 5.97 Å². The molecule has 6 heteroatoms. The van der Waals surface area contributed by atoms with E-state index >= 15 is 0 Å². The first-order valence-electron chi connectivity index (χ1n) is 6.26. The van der Waals surface area contributed by atoms with E-state index in [9.17, 15) is 9.59 Å². The van der Waals surface area contributed by atoms with Crippen LogP contribution in [-0.2, 0) is 4.79 Å². The fraction of sp³-hybridized carbons (Fsp3) is 0.429. The third-order valence-corrected chi connectivity index (χ3v) is 3.77. The normalized spacial score (nSPS) is 12.8. The molecular formula is C14H20N2O3S. The molecule has 0 saturated heterocycles. The maximum absolute atomic E-state index is 12.1. The third kappa shape index (κ3) is 5.14. The highest BCUT2D eigenvalue weighted by molar-refractivity contribution is 7.15. The minimum absolute atomic E-state index is 0.0536. The van der Waals surface area contributed by atoms with Crippen LogP contribution in [0, 0.1) is 6.92 Å². The van der Waals surface area contributed by atoms with E-state index in [1.54, 1.807) is 6.07 Å². The second-order valence-electron chi connectivity index (χ2n) is 4.97. The van der Waals surface area contributed by atoms with Gasteiger partial charge in [-0.15, -0.1) is 11.3 Å². The van der Waals surface area contributed by atoms with E-state index in [1.165, 1.54) is 17.4 Å². The number of hydrogen-bond donors (Lipinski definition) is 2. The molecule has 0 bridgehead atoms. The quantitative estimate of drug-likeness (QED) is 0.786. The van der Waals surface area contributed by atoms with Crippen LogP contribution in [0.2, 0.25) is 0 Å². The maximum atomic E-state index is 12.1. The first-order chi connectivity index (χ1) is 9.29. The summed E-state index contributed by atoms with van der Waals surface area (Å²) in [5.41, 5.74) is 0.901. The van der Waals surface area contributed by atoms with Crippen LogP contribution in [0.1, 0.15) is 27.0 Å². The first kappa shape index (κ1) is 16.4. The van der Waals surface area contributed by atoms with Crippen molar-refractivity contribution in [3.8, 4) is 0 Å². The Hall–Kier alpha value is -1.66. The number of aliphatic carboxylic acids is 1. The first-order valence-corrected chi connectivity index (χ1v) is 7.08. The number of amides is 1. The highest BCUT2D eigenvalue weighted by atomic mass is 32.1. The number of rotatable bonds is 6. The Morgan fingerprint density at radius 2 is 2.15 bits per heavy atom. The number of carbonyl (C=O) groups excluding carboxylic acids is 1. The monoisotopic (exact) mass is 296 g/mol. The van der Waals surface area contributed by atoms with Gasteiger partial charge in [-0.1, -0.05) is 0 Å². The second-order valence-corrected chi connectivity index (χ2v) is 6.05. The number of nitrogens with zero attached hydrogens (tertiary/aromatic N) is 1. The molecule has 20 heavy (non-hydrogen) atoms. The number of carboxylic acid groups (broad SMARTS) is 1. The van der Waals surface area contributed by atoms with E-state index in [-0.39, 0.29) is 11.9 Å². The second kappa shape index (κ2) is 7.21. The van der Waals surface area contributed by atoms with Gasteiger partial charge in [0.2, 0.25) is 0 Å². The predicted molar refractivity (Wildman–Crippen MR) is 81.2 cm³/mol. The Bertz CT molecular complexity index is 520. The van der Waals surface area contributed by atoms with Gasteiger partial charge in [0.15, 0.2) is 0 Å². The smallest absolute Gasteiger partial charge is 0.328 e. The zero-order valence-electron chi connectivity index (χ0n) is 12.1. The lowest BCUT2D eigenvalue weighted by atomic mass is 10.2. The van der Waals surface area contributed by atoms with Crippen molar-refractivity contribution in [3.63, 3.8) is 0 Å². The Morgan fingerprint density at radius 1 is 1.50 bits per heavy atom. The Labute approximate surface area is 122 Å². The molecule has 0 fully saturated rings. The van der Waals surface area contributed by atoms with Gasteiger partial charge in [0.25, 0.3) is 5.91 Å². The highest BCUT2D eigenvalue weighted by Crippen LogP contribution is 2.23. The summed E-state index contributed by atoms with van der Waals surface area (Å²) in [6.07, 6.45) is 2.59. The third-order valence-electron chi connectivity index (χ3n) is 2.57. The predicted octanol–water partition coefficient (Wildman–Crippen LogP) is 1.83. The van der Waals surface area contributed by atoms with Gasteiger partial charge < -0.3 is 15.3 Å². The Kier molecular flexibility index (Phi) is 5.91. The summed E-state index contributed by atoms with van der Waals surface area (Å²) in [4.78, 5) is 26.0. The van der Waals surface area contributed by atoms with Crippen molar-refractivity contribution < 1.29 is 14.7 Å².